The largest absolute Gasteiger partial charge is 0.376 e. The van der Waals surface area contributed by atoms with Gasteiger partial charge in [0.2, 0.25) is 11.6 Å². The molecule has 0 spiro atoms. The molecule has 6 nitrogen and oxygen atoms in total. The maximum atomic E-state index is 6.48. The maximum absolute atomic E-state index is 6.48. The van der Waals surface area contributed by atoms with Gasteiger partial charge in [0.1, 0.15) is 24.4 Å². The fraction of sp³-hybridized carbons (Fsp3) is 1.00. The van der Waals surface area contributed by atoms with Crippen molar-refractivity contribution < 1.29 is 28.4 Å². The van der Waals surface area contributed by atoms with Crippen molar-refractivity contribution >= 4 is 0 Å². The smallest absolute Gasteiger partial charge is 0.222 e. The Hall–Kier alpha value is -0.240. The third-order valence-electron chi connectivity index (χ3n) is 5.52. The molecule has 2 aliphatic carbocycles. The quantitative estimate of drug-likeness (QED) is 0.789. The summed E-state index contributed by atoms with van der Waals surface area (Å²) in [6, 6.07) is 0. The first-order valence-corrected chi connectivity index (χ1v) is 8.18. The Kier molecular flexibility index (Phi) is 4.79. The third-order valence-corrected chi connectivity index (χ3v) is 5.52. The number of fused-ring (bicyclic) bond motifs is 2. The van der Waals surface area contributed by atoms with Gasteiger partial charge in [-0.3, -0.25) is 0 Å². The van der Waals surface area contributed by atoms with Gasteiger partial charge < -0.3 is 28.4 Å². The second-order valence-electron chi connectivity index (χ2n) is 6.37. The van der Waals surface area contributed by atoms with Crippen LogP contribution in [0.25, 0.3) is 0 Å². The Morgan fingerprint density at radius 3 is 1.41 bits per heavy atom. The summed E-state index contributed by atoms with van der Waals surface area (Å²) < 4.78 is 35.9. The molecule has 128 valence electrons. The molecule has 3 aliphatic rings. The van der Waals surface area contributed by atoms with Gasteiger partial charge in [0.15, 0.2) is 0 Å². The minimum absolute atomic E-state index is 0.131. The topological polar surface area (TPSA) is 55.4 Å². The first-order chi connectivity index (χ1) is 10.7. The molecule has 0 aromatic rings. The molecule has 0 aromatic carbocycles. The Labute approximate surface area is 132 Å². The van der Waals surface area contributed by atoms with Crippen molar-refractivity contribution in [2.24, 2.45) is 0 Å². The van der Waals surface area contributed by atoms with Gasteiger partial charge in [0, 0.05) is 28.4 Å². The van der Waals surface area contributed by atoms with Crippen LogP contribution >= 0.6 is 0 Å². The number of hydrogen-bond donors (Lipinski definition) is 0. The first kappa shape index (κ1) is 16.6. The molecule has 22 heavy (non-hydrogen) atoms. The van der Waals surface area contributed by atoms with Gasteiger partial charge in [-0.15, -0.1) is 0 Å². The highest BCUT2D eigenvalue weighted by Crippen LogP contribution is 2.50. The summed E-state index contributed by atoms with van der Waals surface area (Å²) in [6.45, 7) is 0. The number of methoxy groups -OCH3 is 4. The van der Waals surface area contributed by atoms with Crippen molar-refractivity contribution in [2.45, 2.75) is 74.5 Å². The van der Waals surface area contributed by atoms with Crippen molar-refractivity contribution in [1.82, 2.24) is 0 Å². The average molecular weight is 316 g/mol. The summed E-state index contributed by atoms with van der Waals surface area (Å²) in [6.07, 6.45) is 4.87. The molecular weight excluding hydrogens is 288 g/mol. The SMILES string of the molecule is CO[C@H]1CCC[C@H]2O[C@@]3(OC)[C@H](CCC[C@H]3OC)O[C@@]12OC. The minimum Gasteiger partial charge on any atom is -0.376 e. The van der Waals surface area contributed by atoms with Gasteiger partial charge in [0.25, 0.3) is 0 Å². The van der Waals surface area contributed by atoms with Crippen molar-refractivity contribution in [3.8, 4) is 0 Å². The van der Waals surface area contributed by atoms with E-state index in [2.05, 4.69) is 0 Å². The summed E-state index contributed by atoms with van der Waals surface area (Å²) in [5.74, 6) is -1.70. The lowest BCUT2D eigenvalue weighted by molar-refractivity contribution is -0.474. The molecule has 6 atom stereocenters. The van der Waals surface area contributed by atoms with Gasteiger partial charge >= 0.3 is 0 Å². The molecule has 6 heteroatoms. The molecule has 0 aromatic heterocycles. The van der Waals surface area contributed by atoms with E-state index in [1.807, 2.05) is 0 Å². The van der Waals surface area contributed by atoms with Crippen LogP contribution in [0.1, 0.15) is 38.5 Å². The van der Waals surface area contributed by atoms with E-state index in [4.69, 9.17) is 28.4 Å². The molecule has 0 radical (unpaired) electrons. The molecule has 0 N–H and O–H groups in total. The predicted octanol–water partition coefficient (Wildman–Crippen LogP) is 1.85. The minimum atomic E-state index is -0.852. The highest BCUT2D eigenvalue weighted by Gasteiger charge is 2.65. The van der Waals surface area contributed by atoms with Gasteiger partial charge in [0.05, 0.1) is 0 Å². The van der Waals surface area contributed by atoms with Crippen LogP contribution in [0, 0.1) is 0 Å². The number of hydrogen-bond acceptors (Lipinski definition) is 6. The Balaban J connectivity index is 1.95. The lowest BCUT2D eigenvalue weighted by Gasteiger charge is -2.59. The van der Waals surface area contributed by atoms with Crippen LogP contribution in [0.2, 0.25) is 0 Å². The Morgan fingerprint density at radius 2 is 1.09 bits per heavy atom. The summed E-state index contributed by atoms with van der Waals surface area (Å²) >= 11 is 0. The van der Waals surface area contributed by atoms with Gasteiger partial charge in [-0.1, -0.05) is 0 Å². The second kappa shape index (κ2) is 6.34. The number of rotatable bonds is 4. The van der Waals surface area contributed by atoms with E-state index in [0.29, 0.717) is 0 Å². The molecule has 3 fully saturated rings. The van der Waals surface area contributed by atoms with E-state index in [1.165, 1.54) is 0 Å². The van der Waals surface area contributed by atoms with Crippen LogP contribution in [0.4, 0.5) is 0 Å². The molecule has 1 saturated heterocycles. The van der Waals surface area contributed by atoms with Crippen LogP contribution in [0.15, 0.2) is 0 Å². The molecule has 0 amide bonds. The summed E-state index contributed by atoms with van der Waals surface area (Å²) in [5, 5.41) is 0. The zero-order valence-electron chi connectivity index (χ0n) is 14.0. The number of ether oxygens (including phenoxy) is 6. The molecule has 1 aliphatic heterocycles. The van der Waals surface area contributed by atoms with E-state index in [0.717, 1.165) is 38.5 Å². The lowest BCUT2D eigenvalue weighted by atomic mass is 9.81. The standard InChI is InChI=1S/C16H28O6/c1-17-11-7-5-9-13-15(11,19-3)21-14-10-6-8-12(18-2)16(14,20-4)22-13/h11-14H,5-10H2,1-4H3/t11-,12+,13+,14-,15-,16+. The predicted molar refractivity (Wildman–Crippen MR) is 78.5 cm³/mol. The van der Waals surface area contributed by atoms with E-state index in [9.17, 15) is 0 Å². The van der Waals surface area contributed by atoms with Crippen molar-refractivity contribution in [3.63, 3.8) is 0 Å². The van der Waals surface area contributed by atoms with Crippen molar-refractivity contribution in [1.29, 1.82) is 0 Å². The molecule has 2 saturated carbocycles. The first-order valence-electron chi connectivity index (χ1n) is 8.18. The average Bonchev–Trinajstić information content (AvgIpc) is 2.58. The fourth-order valence-electron chi connectivity index (χ4n) is 4.41. The van der Waals surface area contributed by atoms with E-state index in [-0.39, 0.29) is 24.4 Å². The van der Waals surface area contributed by atoms with Crippen LogP contribution in [-0.2, 0) is 28.4 Å². The zero-order chi connectivity index (χ0) is 15.8. The Bertz CT molecular complexity index is 355. The van der Waals surface area contributed by atoms with E-state index in [1.54, 1.807) is 28.4 Å². The molecular formula is C16H28O6. The molecule has 3 rings (SSSR count). The van der Waals surface area contributed by atoms with Crippen LogP contribution in [0.5, 0.6) is 0 Å². The van der Waals surface area contributed by atoms with E-state index >= 15 is 0 Å². The Morgan fingerprint density at radius 1 is 0.682 bits per heavy atom. The van der Waals surface area contributed by atoms with Crippen LogP contribution < -0.4 is 0 Å². The second-order valence-corrected chi connectivity index (χ2v) is 6.37. The van der Waals surface area contributed by atoms with Crippen LogP contribution in [-0.4, -0.2) is 64.4 Å². The van der Waals surface area contributed by atoms with Gasteiger partial charge in [-0.25, -0.2) is 0 Å². The van der Waals surface area contributed by atoms with Gasteiger partial charge in [-0.05, 0) is 38.5 Å². The zero-order valence-corrected chi connectivity index (χ0v) is 14.0. The normalized spacial score (nSPS) is 48.5. The molecule has 0 bridgehead atoms. The third kappa shape index (κ3) is 2.24. The van der Waals surface area contributed by atoms with Gasteiger partial charge in [-0.2, -0.15) is 0 Å². The summed E-state index contributed by atoms with van der Waals surface area (Å²) in [5.41, 5.74) is 0. The monoisotopic (exact) mass is 316 g/mol. The van der Waals surface area contributed by atoms with Crippen molar-refractivity contribution in [3.05, 3.63) is 0 Å². The van der Waals surface area contributed by atoms with Crippen LogP contribution in [0.3, 0.4) is 0 Å². The molecule has 1 heterocycles. The summed E-state index contributed by atoms with van der Waals surface area (Å²) in [7, 11) is 6.75. The van der Waals surface area contributed by atoms with Crippen molar-refractivity contribution in [2.75, 3.05) is 28.4 Å². The lowest BCUT2D eigenvalue weighted by Crippen LogP contribution is -2.74. The highest BCUT2D eigenvalue weighted by molar-refractivity contribution is 5.04. The summed E-state index contributed by atoms with van der Waals surface area (Å²) in [4.78, 5) is 0. The fourth-order valence-corrected chi connectivity index (χ4v) is 4.41. The van der Waals surface area contributed by atoms with E-state index < -0.39 is 11.6 Å². The highest BCUT2D eigenvalue weighted by atomic mass is 16.8. The maximum Gasteiger partial charge on any atom is 0.222 e. The molecule has 0 unspecified atom stereocenters.